The average molecular weight is 235 g/mol. The van der Waals surface area contributed by atoms with E-state index in [1.165, 1.54) is 10.8 Å². The molecule has 0 saturated heterocycles. The third-order valence-corrected chi connectivity index (χ3v) is 3.02. The van der Waals surface area contributed by atoms with Crippen LogP contribution >= 0.6 is 0 Å². The van der Waals surface area contributed by atoms with E-state index in [2.05, 4.69) is 34.2 Å². The number of hydrogen-bond donors (Lipinski definition) is 1. The molecule has 0 aliphatic heterocycles. The van der Waals surface area contributed by atoms with Gasteiger partial charge in [0.15, 0.2) is 5.82 Å². The van der Waals surface area contributed by atoms with Gasteiger partial charge in [0.2, 0.25) is 0 Å². The first-order chi connectivity index (χ1) is 8.74. The van der Waals surface area contributed by atoms with Crippen molar-refractivity contribution < 1.29 is 0 Å². The van der Waals surface area contributed by atoms with Gasteiger partial charge in [0, 0.05) is 5.56 Å². The fraction of sp³-hybridized carbons (Fsp3) is 0.0667. The van der Waals surface area contributed by atoms with Crippen molar-refractivity contribution in [1.29, 1.82) is 0 Å². The Morgan fingerprint density at radius 3 is 2.56 bits per heavy atom. The fourth-order valence-electron chi connectivity index (χ4n) is 1.94. The summed E-state index contributed by atoms with van der Waals surface area (Å²) in [6, 6.07) is 14.5. The molecule has 3 nitrogen and oxygen atoms in total. The summed E-state index contributed by atoms with van der Waals surface area (Å²) in [5, 5.41) is 2.40. The molecule has 0 fully saturated rings. The van der Waals surface area contributed by atoms with Gasteiger partial charge in [0.25, 0.3) is 0 Å². The molecule has 0 bridgehead atoms. The third-order valence-electron chi connectivity index (χ3n) is 3.02. The zero-order valence-electron chi connectivity index (χ0n) is 10.1. The maximum Gasteiger partial charge on any atom is 0.159 e. The zero-order chi connectivity index (χ0) is 12.5. The van der Waals surface area contributed by atoms with Crippen LogP contribution in [-0.4, -0.2) is 9.97 Å². The smallest absolute Gasteiger partial charge is 0.159 e. The maximum atomic E-state index is 5.73. The van der Waals surface area contributed by atoms with Crippen LogP contribution in [0.3, 0.4) is 0 Å². The highest BCUT2D eigenvalue weighted by atomic mass is 14.9. The molecule has 1 aromatic heterocycles. The minimum absolute atomic E-state index is 0.625. The van der Waals surface area contributed by atoms with E-state index in [1.54, 1.807) is 6.20 Å². The highest BCUT2D eigenvalue weighted by Crippen LogP contribution is 2.22. The topological polar surface area (TPSA) is 51.8 Å². The molecule has 0 spiro atoms. The highest BCUT2D eigenvalue weighted by molar-refractivity contribution is 5.86. The van der Waals surface area contributed by atoms with Crippen LogP contribution in [0.5, 0.6) is 0 Å². The Bertz CT molecular complexity index is 720. The monoisotopic (exact) mass is 235 g/mol. The van der Waals surface area contributed by atoms with E-state index < -0.39 is 0 Å². The number of aryl methyl sites for hydroxylation is 1. The molecule has 3 aromatic rings. The van der Waals surface area contributed by atoms with Crippen molar-refractivity contribution in [2.24, 2.45) is 0 Å². The van der Waals surface area contributed by atoms with Gasteiger partial charge in [-0.25, -0.2) is 9.97 Å². The lowest BCUT2D eigenvalue weighted by atomic mass is 10.1. The first-order valence-electron chi connectivity index (χ1n) is 5.82. The number of benzene rings is 2. The predicted molar refractivity (Wildman–Crippen MR) is 74.1 cm³/mol. The molecule has 0 amide bonds. The molecule has 0 aliphatic rings. The van der Waals surface area contributed by atoms with Crippen molar-refractivity contribution in [2.75, 3.05) is 5.73 Å². The van der Waals surface area contributed by atoms with Gasteiger partial charge in [0.05, 0.1) is 17.6 Å². The lowest BCUT2D eigenvalue weighted by molar-refractivity contribution is 1.12. The number of hydrogen-bond acceptors (Lipinski definition) is 3. The van der Waals surface area contributed by atoms with Crippen molar-refractivity contribution >= 4 is 16.5 Å². The van der Waals surface area contributed by atoms with Crippen LogP contribution in [0.15, 0.2) is 48.7 Å². The zero-order valence-corrected chi connectivity index (χ0v) is 10.1. The van der Waals surface area contributed by atoms with Gasteiger partial charge in [-0.1, -0.05) is 36.4 Å². The van der Waals surface area contributed by atoms with E-state index in [0.717, 1.165) is 11.3 Å². The summed E-state index contributed by atoms with van der Waals surface area (Å²) in [6.45, 7) is 1.89. The van der Waals surface area contributed by atoms with Crippen LogP contribution in [0.25, 0.3) is 22.2 Å². The van der Waals surface area contributed by atoms with Gasteiger partial charge < -0.3 is 5.73 Å². The summed E-state index contributed by atoms with van der Waals surface area (Å²) in [5.41, 5.74) is 8.18. The summed E-state index contributed by atoms with van der Waals surface area (Å²) < 4.78 is 0. The minimum Gasteiger partial charge on any atom is -0.396 e. The lowest BCUT2D eigenvalue weighted by Crippen LogP contribution is -1.97. The Balaban J connectivity index is 2.16. The second kappa shape index (κ2) is 4.11. The SMILES string of the molecule is Cc1nc(-c2ccc3ccccc3c2)ncc1N. The molecule has 2 aromatic carbocycles. The van der Waals surface area contributed by atoms with E-state index in [-0.39, 0.29) is 0 Å². The molecule has 3 heteroatoms. The second-order valence-corrected chi connectivity index (χ2v) is 4.30. The molecule has 1 heterocycles. The minimum atomic E-state index is 0.625. The number of nitrogen functional groups attached to an aromatic ring is 1. The van der Waals surface area contributed by atoms with Gasteiger partial charge in [-0.2, -0.15) is 0 Å². The summed E-state index contributed by atoms with van der Waals surface area (Å²) in [4.78, 5) is 8.69. The van der Waals surface area contributed by atoms with Crippen LogP contribution in [0.4, 0.5) is 5.69 Å². The van der Waals surface area contributed by atoms with E-state index in [9.17, 15) is 0 Å². The highest BCUT2D eigenvalue weighted by Gasteiger charge is 2.04. The largest absolute Gasteiger partial charge is 0.396 e. The summed E-state index contributed by atoms with van der Waals surface area (Å²) >= 11 is 0. The molecule has 2 N–H and O–H groups in total. The number of anilines is 1. The molecule has 0 radical (unpaired) electrons. The average Bonchev–Trinajstić information content (AvgIpc) is 2.41. The Labute approximate surface area is 105 Å². The molecule has 0 atom stereocenters. The summed E-state index contributed by atoms with van der Waals surface area (Å²) in [5.74, 6) is 0.715. The normalized spacial score (nSPS) is 10.7. The van der Waals surface area contributed by atoms with E-state index >= 15 is 0 Å². The first kappa shape index (κ1) is 10.7. The third kappa shape index (κ3) is 1.80. The van der Waals surface area contributed by atoms with Crippen LogP contribution in [-0.2, 0) is 0 Å². The maximum absolute atomic E-state index is 5.73. The van der Waals surface area contributed by atoms with Crippen molar-refractivity contribution in [3.05, 3.63) is 54.4 Å². The van der Waals surface area contributed by atoms with Crippen molar-refractivity contribution in [1.82, 2.24) is 9.97 Å². The number of nitrogens with zero attached hydrogens (tertiary/aromatic N) is 2. The Morgan fingerprint density at radius 1 is 1.00 bits per heavy atom. The van der Waals surface area contributed by atoms with Crippen molar-refractivity contribution in [3.63, 3.8) is 0 Å². The van der Waals surface area contributed by atoms with Gasteiger partial charge in [0.1, 0.15) is 0 Å². The number of aromatic nitrogens is 2. The Morgan fingerprint density at radius 2 is 1.78 bits per heavy atom. The Hall–Kier alpha value is -2.42. The summed E-state index contributed by atoms with van der Waals surface area (Å²) in [6.07, 6.45) is 1.66. The summed E-state index contributed by atoms with van der Waals surface area (Å²) in [7, 11) is 0. The fourth-order valence-corrected chi connectivity index (χ4v) is 1.94. The number of nitrogens with two attached hydrogens (primary N) is 1. The van der Waals surface area contributed by atoms with E-state index in [1.807, 2.05) is 25.1 Å². The molecular weight excluding hydrogens is 222 g/mol. The predicted octanol–water partition coefficient (Wildman–Crippen LogP) is 3.19. The van der Waals surface area contributed by atoms with Crippen molar-refractivity contribution in [3.8, 4) is 11.4 Å². The van der Waals surface area contributed by atoms with Gasteiger partial charge >= 0.3 is 0 Å². The molecule has 0 unspecified atom stereocenters. The lowest BCUT2D eigenvalue weighted by Gasteiger charge is -2.05. The first-order valence-corrected chi connectivity index (χ1v) is 5.82. The molecule has 18 heavy (non-hydrogen) atoms. The van der Waals surface area contributed by atoms with E-state index in [0.29, 0.717) is 11.5 Å². The van der Waals surface area contributed by atoms with Crippen LogP contribution in [0, 0.1) is 6.92 Å². The quantitative estimate of drug-likeness (QED) is 0.704. The van der Waals surface area contributed by atoms with E-state index in [4.69, 9.17) is 5.73 Å². The van der Waals surface area contributed by atoms with Gasteiger partial charge in [-0.3, -0.25) is 0 Å². The molecular formula is C15H13N3. The number of fused-ring (bicyclic) bond motifs is 1. The van der Waals surface area contributed by atoms with Crippen LogP contribution in [0.2, 0.25) is 0 Å². The van der Waals surface area contributed by atoms with Crippen LogP contribution in [0.1, 0.15) is 5.69 Å². The molecule has 0 saturated carbocycles. The standard InChI is InChI=1S/C15H13N3/c1-10-14(16)9-17-15(18-10)13-7-6-11-4-2-3-5-12(11)8-13/h2-9H,16H2,1H3. The molecule has 0 aliphatic carbocycles. The van der Waals surface area contributed by atoms with Gasteiger partial charge in [-0.15, -0.1) is 0 Å². The second-order valence-electron chi connectivity index (χ2n) is 4.30. The number of rotatable bonds is 1. The van der Waals surface area contributed by atoms with Crippen molar-refractivity contribution in [2.45, 2.75) is 6.92 Å². The molecule has 3 rings (SSSR count). The molecule has 88 valence electrons. The van der Waals surface area contributed by atoms with Crippen LogP contribution < -0.4 is 5.73 Å². The Kier molecular flexibility index (Phi) is 2.45. The van der Waals surface area contributed by atoms with Gasteiger partial charge in [-0.05, 0) is 23.8 Å².